The quantitative estimate of drug-likeness (QED) is 0.108. The van der Waals surface area contributed by atoms with Crippen molar-refractivity contribution < 1.29 is 19.1 Å². The van der Waals surface area contributed by atoms with E-state index in [2.05, 4.69) is 39.3 Å². The third-order valence-electron chi connectivity index (χ3n) is 10.2. The molecule has 1 atom stereocenters. The van der Waals surface area contributed by atoms with E-state index in [1.807, 2.05) is 45.0 Å². The van der Waals surface area contributed by atoms with E-state index in [1.165, 1.54) is 18.9 Å². The standard InChI is InChI=1S/C40H46ClN7O5/c1-21-15-31-32(45-35(44-31)25-13-14-25)19-28(21)24-9-5-22(6-10-24)16-30(42)37(50)48(27-17-29(41)34-33(18-27)46-38(51)47-34)36(49)26-11-7-23(8-12-26)20-43-39(52)53-40(2,3)4/h5-6,9-10,15,17-19,23,25-26,30H,7-8,11-14,16,20,42H2,1-4H3,(H,43,52)(H,44,45)(H2,46,47,51)/t23?,26?,30-/m0/s1. The molecule has 2 heterocycles. The van der Waals surface area contributed by atoms with E-state index in [0.717, 1.165) is 44.0 Å². The fourth-order valence-corrected chi connectivity index (χ4v) is 7.55. The number of imide groups is 1. The highest BCUT2D eigenvalue weighted by Gasteiger charge is 2.36. The minimum absolute atomic E-state index is 0.168. The van der Waals surface area contributed by atoms with Crippen LogP contribution in [0, 0.1) is 18.8 Å². The lowest BCUT2D eigenvalue weighted by Gasteiger charge is -2.32. The van der Waals surface area contributed by atoms with Gasteiger partial charge in [-0.25, -0.2) is 19.5 Å². The van der Waals surface area contributed by atoms with Crippen molar-refractivity contribution in [3.8, 4) is 11.1 Å². The number of nitrogens with one attached hydrogen (secondary N) is 4. The molecule has 278 valence electrons. The molecule has 0 unspecified atom stereocenters. The van der Waals surface area contributed by atoms with Crippen LogP contribution in [-0.4, -0.2) is 56.0 Å². The molecule has 2 saturated carbocycles. The molecule has 2 aliphatic carbocycles. The number of aryl methyl sites for hydroxylation is 1. The first-order valence-electron chi connectivity index (χ1n) is 18.3. The van der Waals surface area contributed by atoms with Crippen molar-refractivity contribution in [3.63, 3.8) is 0 Å². The number of nitrogens with zero attached hydrogens (tertiary/aromatic N) is 2. The smallest absolute Gasteiger partial charge is 0.407 e. The predicted octanol–water partition coefficient (Wildman–Crippen LogP) is 7.00. The lowest BCUT2D eigenvalue weighted by molar-refractivity contribution is -0.130. The summed E-state index contributed by atoms with van der Waals surface area (Å²) in [4.78, 5) is 67.6. The highest BCUT2D eigenvalue weighted by atomic mass is 35.5. The van der Waals surface area contributed by atoms with Crippen molar-refractivity contribution in [2.45, 2.75) is 90.2 Å². The third-order valence-corrected chi connectivity index (χ3v) is 10.5. The fraction of sp³-hybridized carbons (Fsp3) is 0.425. The number of aromatic nitrogens is 4. The Morgan fingerprint density at radius 1 is 0.981 bits per heavy atom. The normalized spacial score (nSPS) is 18.2. The maximum absolute atomic E-state index is 14.3. The summed E-state index contributed by atoms with van der Waals surface area (Å²) >= 11 is 6.55. The molecule has 3 aromatic carbocycles. The van der Waals surface area contributed by atoms with Crippen LogP contribution in [0.2, 0.25) is 5.02 Å². The molecule has 53 heavy (non-hydrogen) atoms. The number of carbonyl (C=O) groups excluding carboxylic acids is 3. The highest BCUT2D eigenvalue weighted by molar-refractivity contribution is 6.35. The number of halogens is 1. The van der Waals surface area contributed by atoms with Gasteiger partial charge >= 0.3 is 11.8 Å². The molecule has 0 radical (unpaired) electrons. The molecular formula is C40H46ClN7O5. The fourth-order valence-electron chi connectivity index (χ4n) is 7.29. The van der Waals surface area contributed by atoms with Gasteiger partial charge in [-0.2, -0.15) is 0 Å². The van der Waals surface area contributed by atoms with Gasteiger partial charge in [0, 0.05) is 18.4 Å². The summed E-state index contributed by atoms with van der Waals surface area (Å²) in [6.45, 7) is 7.95. The van der Waals surface area contributed by atoms with Crippen LogP contribution < -0.4 is 21.6 Å². The molecule has 0 bridgehead atoms. The average molecular weight is 740 g/mol. The lowest BCUT2D eigenvalue weighted by atomic mass is 9.81. The first kappa shape index (κ1) is 36.4. The summed E-state index contributed by atoms with van der Waals surface area (Å²) in [7, 11) is 0. The van der Waals surface area contributed by atoms with Crippen LogP contribution in [0.1, 0.15) is 82.2 Å². The minimum Gasteiger partial charge on any atom is -0.444 e. The van der Waals surface area contributed by atoms with E-state index in [4.69, 9.17) is 27.1 Å². The summed E-state index contributed by atoms with van der Waals surface area (Å²) in [5.41, 5.74) is 12.6. The van der Waals surface area contributed by atoms with Crippen LogP contribution in [0.3, 0.4) is 0 Å². The Labute approximate surface area is 312 Å². The number of imidazole rings is 2. The van der Waals surface area contributed by atoms with Gasteiger partial charge in [-0.1, -0.05) is 35.9 Å². The van der Waals surface area contributed by atoms with Crippen LogP contribution in [0.25, 0.3) is 33.2 Å². The molecule has 2 aliphatic rings. The molecule has 3 amide bonds. The van der Waals surface area contributed by atoms with Crippen LogP contribution in [0.15, 0.2) is 53.3 Å². The number of amides is 3. The first-order valence-corrected chi connectivity index (χ1v) is 18.7. The first-order chi connectivity index (χ1) is 25.2. The van der Waals surface area contributed by atoms with Gasteiger partial charge in [0.15, 0.2) is 0 Å². The number of hydrogen-bond donors (Lipinski definition) is 5. The molecule has 13 heteroatoms. The number of rotatable bonds is 9. The van der Waals surface area contributed by atoms with Crippen LogP contribution in [0.5, 0.6) is 0 Å². The zero-order valence-corrected chi connectivity index (χ0v) is 31.2. The molecule has 5 aromatic rings. The largest absolute Gasteiger partial charge is 0.444 e. The maximum Gasteiger partial charge on any atom is 0.407 e. The Bertz CT molecular complexity index is 2240. The van der Waals surface area contributed by atoms with Gasteiger partial charge in [0.1, 0.15) is 11.4 Å². The van der Waals surface area contributed by atoms with E-state index in [9.17, 15) is 19.2 Å². The zero-order chi connectivity index (χ0) is 37.6. The molecule has 0 spiro atoms. The van der Waals surface area contributed by atoms with E-state index < -0.39 is 35.3 Å². The van der Waals surface area contributed by atoms with Gasteiger partial charge in [0.25, 0.3) is 5.91 Å². The van der Waals surface area contributed by atoms with Gasteiger partial charge in [-0.15, -0.1) is 0 Å². The van der Waals surface area contributed by atoms with Crippen molar-refractivity contribution in [1.82, 2.24) is 25.3 Å². The van der Waals surface area contributed by atoms with Crippen molar-refractivity contribution >= 4 is 57.3 Å². The second-order valence-corrected chi connectivity index (χ2v) is 16.0. The summed E-state index contributed by atoms with van der Waals surface area (Å²) in [6, 6.07) is 14.2. The Morgan fingerprint density at radius 3 is 2.38 bits per heavy atom. The highest BCUT2D eigenvalue weighted by Crippen LogP contribution is 2.40. The van der Waals surface area contributed by atoms with E-state index in [0.29, 0.717) is 49.2 Å². The molecular weight excluding hydrogens is 694 g/mol. The number of hydrogen-bond acceptors (Lipinski definition) is 7. The SMILES string of the molecule is Cc1cc2[nH]c(C3CC3)nc2cc1-c1ccc(C[C@H](N)C(=O)N(C(=O)C2CCC(CNC(=O)OC(C)(C)C)CC2)c2cc(Cl)c3[nH]c(=O)[nH]c3c2)cc1. The van der Waals surface area contributed by atoms with Gasteiger partial charge in [-0.05, 0) is 125 Å². The van der Waals surface area contributed by atoms with Gasteiger partial charge < -0.3 is 30.7 Å². The number of aromatic amines is 3. The number of ether oxygens (including phenoxy) is 1. The monoisotopic (exact) mass is 739 g/mol. The van der Waals surface area contributed by atoms with Gasteiger partial charge in [-0.3, -0.25) is 9.59 Å². The maximum atomic E-state index is 14.3. The number of fused-ring (bicyclic) bond motifs is 2. The van der Waals surface area contributed by atoms with Crippen molar-refractivity contribution in [1.29, 1.82) is 0 Å². The third kappa shape index (κ3) is 8.18. The van der Waals surface area contributed by atoms with Crippen LogP contribution in [0.4, 0.5) is 10.5 Å². The second kappa shape index (κ2) is 14.5. The second-order valence-electron chi connectivity index (χ2n) is 15.6. The lowest BCUT2D eigenvalue weighted by Crippen LogP contribution is -2.50. The number of alkyl carbamates (subject to hydrolysis) is 1. The van der Waals surface area contributed by atoms with Gasteiger partial charge in [0.2, 0.25) is 5.91 Å². The number of carbonyl (C=O) groups is 3. The average Bonchev–Trinajstić information content (AvgIpc) is 3.77. The molecule has 12 nitrogen and oxygen atoms in total. The summed E-state index contributed by atoms with van der Waals surface area (Å²) in [5.74, 6) is 0.382. The van der Waals surface area contributed by atoms with Crippen molar-refractivity contribution in [2.24, 2.45) is 17.6 Å². The van der Waals surface area contributed by atoms with E-state index >= 15 is 0 Å². The molecule has 6 N–H and O–H groups in total. The summed E-state index contributed by atoms with van der Waals surface area (Å²) in [6.07, 6.45) is 4.52. The molecule has 2 aromatic heterocycles. The number of H-pyrrole nitrogens is 3. The van der Waals surface area contributed by atoms with Crippen LogP contribution >= 0.6 is 11.6 Å². The Hall–Kier alpha value is -4.94. The topological polar surface area (TPSA) is 179 Å². The number of anilines is 1. The molecule has 2 fully saturated rings. The zero-order valence-electron chi connectivity index (χ0n) is 30.5. The van der Waals surface area contributed by atoms with Crippen molar-refractivity contribution in [2.75, 3.05) is 11.4 Å². The molecule has 0 saturated heterocycles. The minimum atomic E-state index is -1.04. The van der Waals surface area contributed by atoms with Crippen LogP contribution in [-0.2, 0) is 20.7 Å². The van der Waals surface area contributed by atoms with E-state index in [1.54, 1.807) is 6.07 Å². The van der Waals surface area contributed by atoms with Gasteiger partial charge in [0.05, 0.1) is 38.8 Å². The predicted molar refractivity (Wildman–Crippen MR) is 206 cm³/mol. The van der Waals surface area contributed by atoms with E-state index in [-0.39, 0.29) is 29.0 Å². The molecule has 0 aliphatic heterocycles. The molecule has 7 rings (SSSR count). The Balaban J connectivity index is 1.07. The summed E-state index contributed by atoms with van der Waals surface area (Å²) < 4.78 is 5.36. The number of nitrogens with two attached hydrogens (primary N) is 1. The Kier molecular flexibility index (Phi) is 9.94. The van der Waals surface area contributed by atoms with Crippen molar-refractivity contribution in [3.05, 3.63) is 81.0 Å². The Morgan fingerprint density at radius 2 is 1.70 bits per heavy atom. The summed E-state index contributed by atoms with van der Waals surface area (Å²) in [5, 5.41) is 3.02. The number of benzene rings is 3.